The summed E-state index contributed by atoms with van der Waals surface area (Å²) in [5, 5.41) is 14.8. The Morgan fingerprint density at radius 3 is 2.25 bits per heavy atom. The maximum absolute atomic E-state index is 12.8. The minimum atomic E-state index is -0.236. The highest BCUT2D eigenvalue weighted by molar-refractivity contribution is 6.71. The fourth-order valence-electron chi connectivity index (χ4n) is 3.19. The van der Waals surface area contributed by atoms with Crippen LogP contribution in [0.3, 0.4) is 0 Å². The standard InChI is InChI=1S/C22H26N4O2/c1-4-25(5-2)19-12-8-18(9-13-19)23-21-16(3)24-26(22(21)28)20-10-6-17(7-11-20)14-15-27/h6-13,27H,4-5,14-15H2,1-3H3. The van der Waals surface area contributed by atoms with Crippen LogP contribution in [0.15, 0.2) is 58.6 Å². The number of amides is 1. The van der Waals surface area contributed by atoms with E-state index in [0.717, 1.165) is 30.0 Å². The molecule has 1 heterocycles. The van der Waals surface area contributed by atoms with Crippen molar-refractivity contribution in [3.05, 3.63) is 54.1 Å². The number of hydrazone groups is 1. The lowest BCUT2D eigenvalue weighted by Gasteiger charge is -2.20. The number of nitrogens with zero attached hydrogens (tertiary/aromatic N) is 4. The predicted molar refractivity (Wildman–Crippen MR) is 115 cm³/mol. The highest BCUT2D eigenvalue weighted by Crippen LogP contribution is 2.24. The second kappa shape index (κ2) is 8.80. The first kappa shape index (κ1) is 19.8. The monoisotopic (exact) mass is 378 g/mol. The minimum absolute atomic E-state index is 0.100. The van der Waals surface area contributed by atoms with Crippen LogP contribution in [0.25, 0.3) is 0 Å². The number of anilines is 2. The molecule has 0 radical (unpaired) electrons. The summed E-state index contributed by atoms with van der Waals surface area (Å²) < 4.78 is 0. The first-order chi connectivity index (χ1) is 13.6. The SMILES string of the molecule is CCN(CC)c1ccc(N=C2C(=O)N(c3ccc(CCO)cc3)N=C2C)cc1. The third-order valence-electron chi connectivity index (χ3n) is 4.79. The molecule has 0 saturated carbocycles. The zero-order chi connectivity index (χ0) is 20.1. The van der Waals surface area contributed by atoms with Crippen LogP contribution in [0, 0.1) is 0 Å². The van der Waals surface area contributed by atoms with Crippen LogP contribution < -0.4 is 9.91 Å². The van der Waals surface area contributed by atoms with Crippen molar-refractivity contribution in [2.24, 2.45) is 10.1 Å². The maximum Gasteiger partial charge on any atom is 0.299 e. The molecule has 6 heteroatoms. The maximum atomic E-state index is 12.8. The van der Waals surface area contributed by atoms with Crippen LogP contribution in [0.5, 0.6) is 0 Å². The van der Waals surface area contributed by atoms with E-state index in [0.29, 0.717) is 23.5 Å². The van der Waals surface area contributed by atoms with Gasteiger partial charge in [-0.2, -0.15) is 10.1 Å². The third kappa shape index (κ3) is 4.12. The summed E-state index contributed by atoms with van der Waals surface area (Å²) in [6, 6.07) is 15.4. The Bertz CT molecular complexity index is 882. The van der Waals surface area contributed by atoms with Gasteiger partial charge in [-0.15, -0.1) is 0 Å². The molecule has 2 aromatic carbocycles. The van der Waals surface area contributed by atoms with E-state index in [-0.39, 0.29) is 12.5 Å². The van der Waals surface area contributed by atoms with Gasteiger partial charge in [0.1, 0.15) is 0 Å². The van der Waals surface area contributed by atoms with Crippen LogP contribution in [0.1, 0.15) is 26.3 Å². The fraction of sp³-hybridized carbons (Fsp3) is 0.318. The van der Waals surface area contributed by atoms with Gasteiger partial charge in [-0.3, -0.25) is 4.79 Å². The summed E-state index contributed by atoms with van der Waals surface area (Å²) in [5.41, 5.74) is 4.52. The van der Waals surface area contributed by atoms with E-state index in [1.165, 1.54) is 5.01 Å². The van der Waals surface area contributed by atoms with Gasteiger partial charge in [-0.25, -0.2) is 4.99 Å². The zero-order valence-corrected chi connectivity index (χ0v) is 16.6. The van der Waals surface area contributed by atoms with Crippen molar-refractivity contribution in [3.8, 4) is 0 Å². The van der Waals surface area contributed by atoms with Gasteiger partial charge in [0.05, 0.1) is 17.1 Å². The zero-order valence-electron chi connectivity index (χ0n) is 16.6. The normalized spacial score (nSPS) is 15.3. The molecular weight excluding hydrogens is 352 g/mol. The van der Waals surface area contributed by atoms with Gasteiger partial charge in [-0.05, 0) is 69.2 Å². The number of carbonyl (C=O) groups excluding carboxylic acids is 1. The molecule has 0 saturated heterocycles. The Hall–Kier alpha value is -2.99. The van der Waals surface area contributed by atoms with Gasteiger partial charge in [-0.1, -0.05) is 12.1 Å². The van der Waals surface area contributed by atoms with Crippen molar-refractivity contribution in [3.63, 3.8) is 0 Å². The van der Waals surface area contributed by atoms with Crippen molar-refractivity contribution in [1.82, 2.24) is 0 Å². The van der Waals surface area contributed by atoms with Crippen LogP contribution >= 0.6 is 0 Å². The second-order valence-electron chi connectivity index (χ2n) is 6.59. The number of hydrogen-bond donors (Lipinski definition) is 1. The average Bonchev–Trinajstić information content (AvgIpc) is 2.99. The van der Waals surface area contributed by atoms with Gasteiger partial charge in [0.15, 0.2) is 5.71 Å². The molecule has 28 heavy (non-hydrogen) atoms. The molecule has 1 N–H and O–H groups in total. The van der Waals surface area contributed by atoms with Crippen molar-refractivity contribution >= 4 is 34.4 Å². The Morgan fingerprint density at radius 2 is 1.68 bits per heavy atom. The topological polar surface area (TPSA) is 68.5 Å². The highest BCUT2D eigenvalue weighted by Gasteiger charge is 2.30. The van der Waals surface area contributed by atoms with Crippen LogP contribution in [0.4, 0.5) is 17.1 Å². The first-order valence-electron chi connectivity index (χ1n) is 9.60. The number of benzene rings is 2. The summed E-state index contributed by atoms with van der Waals surface area (Å²) >= 11 is 0. The molecular formula is C22H26N4O2. The van der Waals surface area contributed by atoms with Crippen molar-refractivity contribution in [2.75, 3.05) is 29.6 Å². The van der Waals surface area contributed by atoms with E-state index < -0.39 is 0 Å². The summed E-state index contributed by atoms with van der Waals surface area (Å²) in [4.78, 5) is 19.6. The molecule has 0 unspecified atom stereocenters. The molecule has 0 aliphatic carbocycles. The fourth-order valence-corrected chi connectivity index (χ4v) is 3.19. The molecule has 1 aliphatic heterocycles. The Balaban J connectivity index is 1.80. The largest absolute Gasteiger partial charge is 0.396 e. The van der Waals surface area contributed by atoms with Crippen molar-refractivity contribution in [2.45, 2.75) is 27.2 Å². The number of aliphatic hydroxyl groups is 1. The number of carbonyl (C=O) groups is 1. The molecule has 2 aromatic rings. The first-order valence-corrected chi connectivity index (χ1v) is 9.60. The van der Waals surface area contributed by atoms with Crippen LogP contribution in [-0.4, -0.2) is 42.1 Å². The number of aliphatic imine (C=N–C) groups is 1. The molecule has 0 aromatic heterocycles. The molecule has 0 atom stereocenters. The average molecular weight is 378 g/mol. The summed E-state index contributed by atoms with van der Waals surface area (Å²) in [6.45, 7) is 8.03. The summed E-state index contributed by atoms with van der Waals surface area (Å²) in [7, 11) is 0. The van der Waals surface area contributed by atoms with Gasteiger partial charge < -0.3 is 10.0 Å². The lowest BCUT2D eigenvalue weighted by molar-refractivity contribution is -0.112. The van der Waals surface area contributed by atoms with E-state index in [9.17, 15) is 4.79 Å². The van der Waals surface area contributed by atoms with E-state index in [4.69, 9.17) is 5.11 Å². The van der Waals surface area contributed by atoms with Crippen LogP contribution in [-0.2, 0) is 11.2 Å². The molecule has 1 aliphatic rings. The molecule has 6 nitrogen and oxygen atoms in total. The van der Waals surface area contributed by atoms with Crippen molar-refractivity contribution in [1.29, 1.82) is 0 Å². The number of aliphatic hydroxyl groups excluding tert-OH is 1. The van der Waals surface area contributed by atoms with Gasteiger partial charge in [0.2, 0.25) is 0 Å². The summed E-state index contributed by atoms with van der Waals surface area (Å²) in [5.74, 6) is -0.236. The summed E-state index contributed by atoms with van der Waals surface area (Å²) in [6.07, 6.45) is 0.590. The molecule has 3 rings (SSSR count). The van der Waals surface area contributed by atoms with Crippen LogP contribution in [0.2, 0.25) is 0 Å². The lowest BCUT2D eigenvalue weighted by Crippen LogP contribution is -2.27. The van der Waals surface area contributed by atoms with Crippen molar-refractivity contribution < 1.29 is 9.90 Å². The molecule has 1 amide bonds. The second-order valence-corrected chi connectivity index (χ2v) is 6.59. The van der Waals surface area contributed by atoms with Gasteiger partial charge >= 0.3 is 0 Å². The Morgan fingerprint density at radius 1 is 1.04 bits per heavy atom. The Kier molecular flexibility index (Phi) is 6.21. The minimum Gasteiger partial charge on any atom is -0.396 e. The number of hydrogen-bond acceptors (Lipinski definition) is 5. The predicted octanol–water partition coefficient (Wildman–Crippen LogP) is 3.56. The van der Waals surface area contributed by atoms with E-state index >= 15 is 0 Å². The quantitative estimate of drug-likeness (QED) is 0.801. The molecule has 146 valence electrons. The lowest BCUT2D eigenvalue weighted by atomic mass is 10.1. The Labute approximate surface area is 165 Å². The van der Waals surface area contributed by atoms with Gasteiger partial charge in [0.25, 0.3) is 5.91 Å². The molecule has 0 fully saturated rings. The third-order valence-corrected chi connectivity index (χ3v) is 4.79. The molecule has 0 bridgehead atoms. The molecule has 0 spiro atoms. The smallest absolute Gasteiger partial charge is 0.299 e. The van der Waals surface area contributed by atoms with Gasteiger partial charge in [0, 0.05) is 25.4 Å². The number of rotatable bonds is 7. The van der Waals surface area contributed by atoms with E-state index in [1.807, 2.05) is 48.5 Å². The van der Waals surface area contributed by atoms with E-state index in [2.05, 4.69) is 28.8 Å². The highest BCUT2D eigenvalue weighted by atomic mass is 16.3. The van der Waals surface area contributed by atoms with E-state index in [1.54, 1.807) is 6.92 Å².